The van der Waals surface area contributed by atoms with Crippen molar-refractivity contribution in [2.45, 2.75) is 4.90 Å². The quantitative estimate of drug-likeness (QED) is 0.529. The van der Waals surface area contributed by atoms with E-state index in [-0.39, 0.29) is 29.6 Å². The third-order valence-corrected chi connectivity index (χ3v) is 6.45. The summed E-state index contributed by atoms with van der Waals surface area (Å²) in [6.45, 7) is 0.838. The first-order valence-electron chi connectivity index (χ1n) is 8.84. The van der Waals surface area contributed by atoms with E-state index in [0.29, 0.717) is 18.9 Å². The van der Waals surface area contributed by atoms with Gasteiger partial charge in [0.15, 0.2) is 6.61 Å². The lowest BCUT2D eigenvalue weighted by atomic mass is 10.2. The fourth-order valence-electron chi connectivity index (χ4n) is 2.64. The number of morpholine rings is 1. The molecule has 1 heterocycles. The summed E-state index contributed by atoms with van der Waals surface area (Å²) in [6, 6.07) is 13.6. The number of carbonyl (C=O) groups is 1. The number of anilines is 1. The van der Waals surface area contributed by atoms with E-state index in [1.807, 2.05) is 30.3 Å². The van der Waals surface area contributed by atoms with Gasteiger partial charge in [0.25, 0.3) is 5.91 Å². The molecule has 1 fully saturated rings. The fourth-order valence-corrected chi connectivity index (χ4v) is 4.54. The number of rotatable bonds is 7. The number of hydrogen-bond acceptors (Lipinski definition) is 6. The van der Waals surface area contributed by atoms with Gasteiger partial charge in [-0.25, -0.2) is 8.42 Å². The van der Waals surface area contributed by atoms with E-state index >= 15 is 0 Å². The third-order valence-electron chi connectivity index (χ3n) is 4.07. The van der Waals surface area contributed by atoms with Crippen LogP contribution in [0.5, 0.6) is 0 Å². The van der Waals surface area contributed by atoms with Gasteiger partial charge in [-0.2, -0.15) is 4.31 Å². The fraction of sp³-hybridized carbons (Fsp3) is 0.263. The van der Waals surface area contributed by atoms with Crippen LogP contribution in [-0.2, 0) is 24.4 Å². The van der Waals surface area contributed by atoms with Crippen LogP contribution in [0.15, 0.2) is 58.6 Å². The molecule has 2 aromatic carbocycles. The van der Waals surface area contributed by atoms with Crippen LogP contribution in [0.2, 0.25) is 5.02 Å². The Labute approximate surface area is 174 Å². The smallest absolute Gasteiger partial charge is 0.265 e. The maximum absolute atomic E-state index is 12.8. The van der Waals surface area contributed by atoms with Gasteiger partial charge in [-0.15, -0.1) is 0 Å². The van der Waals surface area contributed by atoms with Crippen LogP contribution in [0.4, 0.5) is 5.69 Å². The first-order chi connectivity index (χ1) is 14.0. The van der Waals surface area contributed by atoms with Gasteiger partial charge in [0.1, 0.15) is 4.90 Å². The van der Waals surface area contributed by atoms with Crippen molar-refractivity contribution in [2.75, 3.05) is 38.2 Å². The van der Waals surface area contributed by atoms with Crippen LogP contribution in [0, 0.1) is 0 Å². The van der Waals surface area contributed by atoms with E-state index < -0.39 is 15.9 Å². The Balaban J connectivity index is 1.61. The minimum atomic E-state index is -3.79. The van der Waals surface area contributed by atoms with Crippen molar-refractivity contribution >= 4 is 39.4 Å². The van der Waals surface area contributed by atoms with Crippen LogP contribution in [-0.4, -0.2) is 57.8 Å². The molecule has 0 aliphatic carbocycles. The van der Waals surface area contributed by atoms with Gasteiger partial charge in [-0.1, -0.05) is 47.1 Å². The third kappa shape index (κ3) is 5.77. The molecular weight excluding hydrogens is 418 g/mol. The number of hydrogen-bond donors (Lipinski definition) is 1. The van der Waals surface area contributed by atoms with Gasteiger partial charge in [0.2, 0.25) is 10.0 Å². The number of nitrogens with one attached hydrogen (secondary N) is 1. The second kappa shape index (κ2) is 9.84. The van der Waals surface area contributed by atoms with Gasteiger partial charge in [0, 0.05) is 18.8 Å². The van der Waals surface area contributed by atoms with Crippen molar-refractivity contribution in [3.8, 4) is 0 Å². The summed E-state index contributed by atoms with van der Waals surface area (Å²) in [5.41, 5.74) is 1.13. The number of sulfonamides is 1. The average Bonchev–Trinajstić information content (AvgIpc) is 2.74. The number of nitrogens with zero attached hydrogens (tertiary/aromatic N) is 2. The Morgan fingerprint density at radius 3 is 2.66 bits per heavy atom. The SMILES string of the molecule is O=C(CO/N=C/c1ccccc1)Nc1ccc(Cl)c(S(=O)(=O)N2CCOCC2)c1. The Hall–Kier alpha value is -2.46. The molecule has 3 rings (SSSR count). The van der Waals surface area contributed by atoms with Gasteiger partial charge < -0.3 is 14.9 Å². The summed E-state index contributed by atoms with van der Waals surface area (Å²) in [4.78, 5) is 17.0. The molecule has 0 unspecified atom stereocenters. The molecule has 0 bridgehead atoms. The topological polar surface area (TPSA) is 97.3 Å². The van der Waals surface area contributed by atoms with Gasteiger partial charge in [-0.05, 0) is 23.8 Å². The van der Waals surface area contributed by atoms with Crippen LogP contribution >= 0.6 is 11.6 Å². The summed E-state index contributed by atoms with van der Waals surface area (Å²) in [5.74, 6) is -0.479. The molecule has 154 valence electrons. The van der Waals surface area contributed by atoms with Crippen molar-refractivity contribution in [2.24, 2.45) is 5.16 Å². The maximum atomic E-state index is 12.8. The monoisotopic (exact) mass is 437 g/mol. The van der Waals surface area contributed by atoms with E-state index in [9.17, 15) is 13.2 Å². The highest BCUT2D eigenvalue weighted by atomic mass is 35.5. The van der Waals surface area contributed by atoms with E-state index in [2.05, 4.69) is 10.5 Å². The van der Waals surface area contributed by atoms with Crippen molar-refractivity contribution < 1.29 is 22.8 Å². The highest BCUT2D eigenvalue weighted by Gasteiger charge is 2.28. The molecule has 0 aromatic heterocycles. The zero-order chi connectivity index (χ0) is 20.7. The Bertz CT molecular complexity index is 977. The van der Waals surface area contributed by atoms with Crippen LogP contribution in [0.1, 0.15) is 5.56 Å². The molecule has 8 nitrogen and oxygen atoms in total. The number of carbonyl (C=O) groups excluding carboxylic acids is 1. The molecule has 1 saturated heterocycles. The lowest BCUT2D eigenvalue weighted by Gasteiger charge is -2.26. The zero-order valence-corrected chi connectivity index (χ0v) is 17.0. The Morgan fingerprint density at radius 1 is 1.21 bits per heavy atom. The Kier molecular flexibility index (Phi) is 7.21. The molecule has 0 radical (unpaired) electrons. The molecule has 0 spiro atoms. The van der Waals surface area contributed by atoms with E-state index in [1.54, 1.807) is 0 Å². The molecule has 10 heteroatoms. The first-order valence-corrected chi connectivity index (χ1v) is 10.7. The normalized spacial score (nSPS) is 15.3. The lowest BCUT2D eigenvalue weighted by Crippen LogP contribution is -2.40. The number of halogens is 1. The first kappa shape index (κ1) is 21.3. The second-order valence-corrected chi connectivity index (χ2v) is 8.44. The molecule has 1 amide bonds. The molecule has 0 atom stereocenters. The highest BCUT2D eigenvalue weighted by Crippen LogP contribution is 2.28. The van der Waals surface area contributed by atoms with E-state index in [4.69, 9.17) is 21.2 Å². The van der Waals surface area contributed by atoms with E-state index in [0.717, 1.165) is 5.56 Å². The summed E-state index contributed by atoms with van der Waals surface area (Å²) < 4.78 is 32.1. The number of ether oxygens (including phenoxy) is 1. The lowest BCUT2D eigenvalue weighted by molar-refractivity contribution is -0.120. The summed E-state index contributed by atoms with van der Waals surface area (Å²) >= 11 is 6.10. The van der Waals surface area contributed by atoms with Gasteiger partial charge >= 0.3 is 0 Å². The zero-order valence-electron chi connectivity index (χ0n) is 15.5. The van der Waals surface area contributed by atoms with Crippen LogP contribution in [0.25, 0.3) is 0 Å². The summed E-state index contributed by atoms with van der Waals surface area (Å²) in [6.07, 6.45) is 1.49. The minimum absolute atomic E-state index is 0.0677. The molecule has 29 heavy (non-hydrogen) atoms. The number of amides is 1. The van der Waals surface area contributed by atoms with Gasteiger partial charge in [0.05, 0.1) is 24.5 Å². The maximum Gasteiger partial charge on any atom is 0.265 e. The molecule has 2 aromatic rings. The largest absolute Gasteiger partial charge is 0.386 e. The number of oxime groups is 1. The summed E-state index contributed by atoms with van der Waals surface area (Å²) in [5, 5.41) is 6.39. The molecule has 0 saturated carbocycles. The van der Waals surface area contributed by atoms with Crippen LogP contribution in [0.3, 0.4) is 0 Å². The van der Waals surface area contributed by atoms with Crippen molar-refractivity contribution in [3.63, 3.8) is 0 Å². The predicted octanol–water partition coefficient (Wildman–Crippen LogP) is 2.35. The predicted molar refractivity (Wildman–Crippen MR) is 110 cm³/mol. The summed E-state index contributed by atoms with van der Waals surface area (Å²) in [7, 11) is -3.79. The van der Waals surface area contributed by atoms with Crippen molar-refractivity contribution in [1.29, 1.82) is 0 Å². The molecule has 1 aliphatic heterocycles. The minimum Gasteiger partial charge on any atom is -0.386 e. The molecule has 1 aliphatic rings. The standard InChI is InChI=1S/C19H20ClN3O5S/c20-17-7-6-16(12-18(17)29(25,26)23-8-10-27-11-9-23)22-19(24)14-28-21-13-15-4-2-1-3-5-15/h1-7,12-13H,8-11,14H2,(H,22,24)/b21-13+. The molecular formula is C19H20ClN3O5S. The highest BCUT2D eigenvalue weighted by molar-refractivity contribution is 7.89. The Morgan fingerprint density at radius 2 is 1.93 bits per heavy atom. The average molecular weight is 438 g/mol. The number of benzene rings is 2. The van der Waals surface area contributed by atoms with Crippen molar-refractivity contribution in [1.82, 2.24) is 4.31 Å². The van der Waals surface area contributed by atoms with E-state index in [1.165, 1.54) is 28.7 Å². The molecule has 1 N–H and O–H groups in total. The van der Waals surface area contributed by atoms with Crippen molar-refractivity contribution in [3.05, 3.63) is 59.1 Å². The second-order valence-electron chi connectivity index (χ2n) is 6.13. The van der Waals surface area contributed by atoms with Gasteiger partial charge in [-0.3, -0.25) is 4.79 Å². The van der Waals surface area contributed by atoms with Crippen LogP contribution < -0.4 is 5.32 Å².